The number of thioether (sulfide) groups is 1. The molecule has 0 saturated carbocycles. The van der Waals surface area contributed by atoms with E-state index in [9.17, 15) is 4.79 Å². The van der Waals surface area contributed by atoms with Gasteiger partial charge in [0.2, 0.25) is 0 Å². The molecule has 1 heterocycles. The fourth-order valence-corrected chi connectivity index (χ4v) is 2.85. The molecule has 7 heteroatoms. The zero-order valence-corrected chi connectivity index (χ0v) is 16.2. The zero-order valence-electron chi connectivity index (χ0n) is 15.4. The van der Waals surface area contributed by atoms with Gasteiger partial charge in [0, 0.05) is 6.20 Å². The van der Waals surface area contributed by atoms with Crippen LogP contribution in [0.15, 0.2) is 65.4 Å². The van der Waals surface area contributed by atoms with Crippen molar-refractivity contribution in [3.8, 4) is 11.5 Å². The highest BCUT2D eigenvalue weighted by molar-refractivity contribution is 8.00. The van der Waals surface area contributed by atoms with Gasteiger partial charge in [0.1, 0.15) is 6.61 Å². The van der Waals surface area contributed by atoms with Gasteiger partial charge in [-0.25, -0.2) is 10.4 Å². The van der Waals surface area contributed by atoms with Crippen LogP contribution in [0.4, 0.5) is 0 Å². The predicted octanol–water partition coefficient (Wildman–Crippen LogP) is 3.68. The summed E-state index contributed by atoms with van der Waals surface area (Å²) in [6, 6.07) is 11.0. The van der Waals surface area contributed by atoms with Crippen molar-refractivity contribution >= 4 is 23.9 Å². The first kappa shape index (κ1) is 20.5. The lowest BCUT2D eigenvalue weighted by Crippen LogP contribution is -2.26. The summed E-state index contributed by atoms with van der Waals surface area (Å²) in [7, 11) is 0. The molecule has 27 heavy (non-hydrogen) atoms. The first-order valence-electron chi connectivity index (χ1n) is 8.55. The standard InChI is InChI=1S/C20H23N3O3S/c1-4-12-26-17-10-9-16(13-18(17)25-5-2)14-22-23-20(24)15(3)27-19-8-6-7-11-21-19/h4,6-11,13-15H,1,5,12H2,2-3H3,(H,23,24)/b22-14-/t15-/m0/s1. The largest absolute Gasteiger partial charge is 0.490 e. The van der Waals surface area contributed by atoms with Crippen molar-refractivity contribution < 1.29 is 14.3 Å². The fraction of sp³-hybridized carbons (Fsp3) is 0.250. The number of nitrogens with zero attached hydrogens (tertiary/aromatic N) is 2. The number of hydrogen-bond acceptors (Lipinski definition) is 6. The Labute approximate surface area is 163 Å². The maximum atomic E-state index is 12.2. The third-order valence-electron chi connectivity index (χ3n) is 3.32. The molecule has 1 atom stereocenters. The van der Waals surface area contributed by atoms with Crippen LogP contribution in [0, 0.1) is 0 Å². The van der Waals surface area contributed by atoms with Crippen molar-refractivity contribution in [2.45, 2.75) is 24.1 Å². The van der Waals surface area contributed by atoms with Crippen molar-refractivity contribution in [3.05, 3.63) is 60.8 Å². The van der Waals surface area contributed by atoms with E-state index in [0.29, 0.717) is 24.7 Å². The van der Waals surface area contributed by atoms with E-state index in [2.05, 4.69) is 22.1 Å². The van der Waals surface area contributed by atoms with Crippen LogP contribution in [0.1, 0.15) is 19.4 Å². The molecule has 1 aromatic carbocycles. The quantitative estimate of drug-likeness (QED) is 0.292. The zero-order chi connectivity index (χ0) is 19.5. The first-order chi connectivity index (χ1) is 13.1. The SMILES string of the molecule is C=CCOc1ccc(/C=N\NC(=O)[C@H](C)Sc2ccccn2)cc1OCC. The van der Waals surface area contributed by atoms with Gasteiger partial charge in [0.25, 0.3) is 5.91 Å². The van der Waals surface area contributed by atoms with E-state index >= 15 is 0 Å². The molecule has 6 nitrogen and oxygen atoms in total. The maximum Gasteiger partial charge on any atom is 0.253 e. The summed E-state index contributed by atoms with van der Waals surface area (Å²) in [5.41, 5.74) is 3.33. The molecule has 1 amide bonds. The third kappa shape index (κ3) is 6.79. The van der Waals surface area contributed by atoms with E-state index in [4.69, 9.17) is 9.47 Å². The number of pyridine rings is 1. The molecule has 0 radical (unpaired) electrons. The van der Waals surface area contributed by atoms with E-state index in [0.717, 1.165) is 10.6 Å². The molecular weight excluding hydrogens is 362 g/mol. The Morgan fingerprint density at radius 1 is 1.33 bits per heavy atom. The third-order valence-corrected chi connectivity index (χ3v) is 4.37. The summed E-state index contributed by atoms with van der Waals surface area (Å²) in [6.07, 6.45) is 4.93. The summed E-state index contributed by atoms with van der Waals surface area (Å²) < 4.78 is 11.1. The predicted molar refractivity (Wildman–Crippen MR) is 109 cm³/mol. The van der Waals surface area contributed by atoms with Crippen LogP contribution < -0.4 is 14.9 Å². The van der Waals surface area contributed by atoms with Crippen LogP contribution in [0.25, 0.3) is 0 Å². The molecule has 0 fully saturated rings. The smallest absolute Gasteiger partial charge is 0.253 e. The molecule has 0 aliphatic heterocycles. The van der Waals surface area contributed by atoms with Gasteiger partial charge in [0.15, 0.2) is 11.5 Å². The van der Waals surface area contributed by atoms with E-state index in [1.165, 1.54) is 11.8 Å². The Hall–Kier alpha value is -2.80. The Balaban J connectivity index is 1.95. The second-order valence-electron chi connectivity index (χ2n) is 5.40. The van der Waals surface area contributed by atoms with Crippen molar-refractivity contribution in [1.82, 2.24) is 10.4 Å². The van der Waals surface area contributed by atoms with Crippen LogP contribution >= 0.6 is 11.8 Å². The normalized spacial score (nSPS) is 11.8. The van der Waals surface area contributed by atoms with Gasteiger partial charge in [0.05, 0.1) is 23.1 Å². The van der Waals surface area contributed by atoms with Crippen LogP contribution in [-0.4, -0.2) is 35.6 Å². The van der Waals surface area contributed by atoms with Crippen molar-refractivity contribution in [1.29, 1.82) is 0 Å². The van der Waals surface area contributed by atoms with Gasteiger partial charge in [-0.1, -0.05) is 30.5 Å². The number of carbonyl (C=O) groups is 1. The lowest BCUT2D eigenvalue weighted by atomic mass is 10.2. The average molecular weight is 385 g/mol. The molecule has 0 aliphatic carbocycles. The van der Waals surface area contributed by atoms with Crippen LogP contribution in [0.2, 0.25) is 0 Å². The topological polar surface area (TPSA) is 72.8 Å². The lowest BCUT2D eigenvalue weighted by molar-refractivity contribution is -0.120. The Morgan fingerprint density at radius 2 is 2.19 bits per heavy atom. The minimum Gasteiger partial charge on any atom is -0.490 e. The number of ether oxygens (including phenoxy) is 2. The number of hydrogen-bond donors (Lipinski definition) is 1. The number of carbonyl (C=O) groups excluding carboxylic acids is 1. The fourth-order valence-electron chi connectivity index (χ4n) is 2.05. The molecule has 1 N–H and O–H groups in total. The van der Waals surface area contributed by atoms with Crippen molar-refractivity contribution in [2.75, 3.05) is 13.2 Å². The minimum atomic E-state index is -0.314. The molecule has 142 valence electrons. The Bertz CT molecular complexity index is 781. The number of rotatable bonds is 10. The van der Waals surface area contributed by atoms with Crippen molar-refractivity contribution in [3.63, 3.8) is 0 Å². The summed E-state index contributed by atoms with van der Waals surface area (Å²) in [5, 5.41) is 4.50. The van der Waals surface area contributed by atoms with Gasteiger partial charge >= 0.3 is 0 Å². The first-order valence-corrected chi connectivity index (χ1v) is 9.43. The lowest BCUT2D eigenvalue weighted by Gasteiger charge is -2.11. The number of hydrazone groups is 1. The average Bonchev–Trinajstić information content (AvgIpc) is 2.68. The summed E-state index contributed by atoms with van der Waals surface area (Å²) in [6.45, 7) is 8.26. The number of benzene rings is 1. The summed E-state index contributed by atoms with van der Waals surface area (Å²) >= 11 is 1.37. The second-order valence-corrected chi connectivity index (χ2v) is 6.76. The molecule has 1 aromatic heterocycles. The summed E-state index contributed by atoms with van der Waals surface area (Å²) in [5.74, 6) is 1.06. The summed E-state index contributed by atoms with van der Waals surface area (Å²) in [4.78, 5) is 16.4. The van der Waals surface area contributed by atoms with Gasteiger partial charge < -0.3 is 9.47 Å². The van der Waals surface area contributed by atoms with E-state index < -0.39 is 0 Å². The van der Waals surface area contributed by atoms with Crippen LogP contribution in [0.5, 0.6) is 11.5 Å². The van der Waals surface area contributed by atoms with Gasteiger partial charge in [-0.3, -0.25) is 4.79 Å². The van der Waals surface area contributed by atoms with E-state index in [1.54, 1.807) is 24.6 Å². The number of amides is 1. The molecule has 0 saturated heterocycles. The van der Waals surface area contributed by atoms with E-state index in [1.807, 2.05) is 44.2 Å². The highest BCUT2D eigenvalue weighted by Crippen LogP contribution is 2.28. The minimum absolute atomic E-state index is 0.196. The molecule has 0 spiro atoms. The maximum absolute atomic E-state index is 12.2. The second kappa shape index (κ2) is 11.0. The van der Waals surface area contributed by atoms with Gasteiger partial charge in [-0.2, -0.15) is 5.10 Å². The Morgan fingerprint density at radius 3 is 2.89 bits per heavy atom. The molecule has 0 bridgehead atoms. The van der Waals surface area contributed by atoms with E-state index in [-0.39, 0.29) is 11.2 Å². The highest BCUT2D eigenvalue weighted by Gasteiger charge is 2.14. The highest BCUT2D eigenvalue weighted by atomic mass is 32.2. The molecule has 2 rings (SSSR count). The molecule has 0 unspecified atom stereocenters. The Kier molecular flexibility index (Phi) is 8.38. The molecular formula is C20H23N3O3S. The van der Waals surface area contributed by atoms with Gasteiger partial charge in [-0.05, 0) is 49.7 Å². The molecule has 2 aromatic rings. The van der Waals surface area contributed by atoms with Crippen LogP contribution in [0.3, 0.4) is 0 Å². The monoisotopic (exact) mass is 385 g/mol. The number of aromatic nitrogens is 1. The van der Waals surface area contributed by atoms with Crippen LogP contribution in [-0.2, 0) is 4.79 Å². The molecule has 0 aliphatic rings. The number of nitrogens with one attached hydrogen (secondary N) is 1. The van der Waals surface area contributed by atoms with Crippen molar-refractivity contribution in [2.24, 2.45) is 5.10 Å². The van der Waals surface area contributed by atoms with Gasteiger partial charge in [-0.15, -0.1) is 0 Å².